The second-order valence-corrected chi connectivity index (χ2v) is 3.82. The van der Waals surface area contributed by atoms with Gasteiger partial charge in [0.05, 0.1) is 11.2 Å². The summed E-state index contributed by atoms with van der Waals surface area (Å²) in [6.07, 6.45) is -4.58. The number of hydrogen-bond acceptors (Lipinski definition) is 3. The largest absolute Gasteiger partial charge is 0.433 e. The number of benzene rings is 1. The molecule has 18 heavy (non-hydrogen) atoms. The van der Waals surface area contributed by atoms with E-state index in [1.807, 2.05) is 0 Å². The van der Waals surface area contributed by atoms with Crippen molar-refractivity contribution in [2.24, 2.45) is 5.84 Å². The summed E-state index contributed by atoms with van der Waals surface area (Å²) in [6.45, 7) is 1.48. The van der Waals surface area contributed by atoms with E-state index in [0.29, 0.717) is 5.56 Å². The molecule has 7 heteroatoms. The number of nitrogen functional groups attached to an aromatic ring is 1. The van der Waals surface area contributed by atoms with Crippen LogP contribution in [0.4, 0.5) is 23.2 Å². The number of rotatable bonds is 1. The Hall–Kier alpha value is -1.89. The van der Waals surface area contributed by atoms with Crippen LogP contribution in [0.25, 0.3) is 10.9 Å². The Labute approximate surface area is 99.6 Å². The van der Waals surface area contributed by atoms with Crippen LogP contribution in [0.5, 0.6) is 0 Å². The molecule has 0 aliphatic rings. The van der Waals surface area contributed by atoms with Crippen LogP contribution in [0.15, 0.2) is 18.2 Å². The molecule has 0 atom stereocenters. The van der Waals surface area contributed by atoms with Gasteiger partial charge in [-0.05, 0) is 30.7 Å². The van der Waals surface area contributed by atoms with Crippen LogP contribution in [0.2, 0.25) is 0 Å². The quantitative estimate of drug-likeness (QED) is 0.470. The van der Waals surface area contributed by atoms with Crippen LogP contribution in [0.1, 0.15) is 11.3 Å². The molecule has 0 spiro atoms. The summed E-state index contributed by atoms with van der Waals surface area (Å²) >= 11 is 0. The fraction of sp³-hybridized carbons (Fsp3) is 0.182. The molecule has 96 valence electrons. The average molecular weight is 259 g/mol. The summed E-state index contributed by atoms with van der Waals surface area (Å²) in [4.78, 5) is 3.51. The first kappa shape index (κ1) is 12.6. The third-order valence-corrected chi connectivity index (χ3v) is 2.51. The van der Waals surface area contributed by atoms with E-state index in [2.05, 4.69) is 10.4 Å². The number of aromatic nitrogens is 1. The van der Waals surface area contributed by atoms with Crippen molar-refractivity contribution in [2.75, 3.05) is 5.43 Å². The molecule has 0 amide bonds. The molecule has 3 N–H and O–H groups in total. The van der Waals surface area contributed by atoms with Crippen LogP contribution in [-0.2, 0) is 6.18 Å². The number of pyridine rings is 1. The Balaban J connectivity index is 2.84. The van der Waals surface area contributed by atoms with E-state index < -0.39 is 17.7 Å². The monoisotopic (exact) mass is 259 g/mol. The number of aryl methyl sites for hydroxylation is 1. The van der Waals surface area contributed by atoms with Gasteiger partial charge in [-0.25, -0.2) is 9.37 Å². The molecule has 2 aromatic rings. The molecule has 0 fully saturated rings. The molecule has 0 radical (unpaired) electrons. The summed E-state index contributed by atoms with van der Waals surface area (Å²) < 4.78 is 51.1. The van der Waals surface area contributed by atoms with Gasteiger partial charge in [0.25, 0.3) is 0 Å². The third-order valence-electron chi connectivity index (χ3n) is 2.51. The number of hydrazine groups is 1. The number of nitrogens with two attached hydrogens (primary N) is 1. The van der Waals surface area contributed by atoms with E-state index >= 15 is 0 Å². The van der Waals surface area contributed by atoms with Gasteiger partial charge in [-0.15, -0.1) is 0 Å². The Morgan fingerprint density at radius 1 is 1.22 bits per heavy atom. The molecular weight excluding hydrogens is 250 g/mol. The maximum absolute atomic E-state index is 13.2. The van der Waals surface area contributed by atoms with Gasteiger partial charge in [-0.1, -0.05) is 0 Å². The predicted molar refractivity (Wildman–Crippen MR) is 59.3 cm³/mol. The zero-order valence-electron chi connectivity index (χ0n) is 9.27. The van der Waals surface area contributed by atoms with Crippen LogP contribution in [0.3, 0.4) is 0 Å². The van der Waals surface area contributed by atoms with E-state index in [1.54, 1.807) is 0 Å². The lowest BCUT2D eigenvalue weighted by molar-refractivity contribution is -0.140. The van der Waals surface area contributed by atoms with Gasteiger partial charge in [0, 0.05) is 5.39 Å². The highest BCUT2D eigenvalue weighted by atomic mass is 19.4. The molecule has 0 aliphatic heterocycles. The first-order valence-corrected chi connectivity index (χ1v) is 4.97. The van der Waals surface area contributed by atoms with Crippen molar-refractivity contribution < 1.29 is 17.6 Å². The zero-order chi connectivity index (χ0) is 13.5. The summed E-state index contributed by atoms with van der Waals surface area (Å²) in [6, 6.07) is 2.96. The van der Waals surface area contributed by atoms with E-state index in [1.165, 1.54) is 6.92 Å². The van der Waals surface area contributed by atoms with Crippen LogP contribution >= 0.6 is 0 Å². The zero-order valence-corrected chi connectivity index (χ0v) is 9.27. The standard InChI is InChI=1S/C11H9F4N3/c1-5-2-6(12)3-7-8(18-16)4-9(11(13,14)15)17-10(5)7/h2-4H,16H2,1H3,(H,17,18). The van der Waals surface area contributed by atoms with Crippen molar-refractivity contribution in [3.8, 4) is 0 Å². The molecule has 3 nitrogen and oxygen atoms in total. The topological polar surface area (TPSA) is 50.9 Å². The first-order chi connectivity index (χ1) is 8.32. The average Bonchev–Trinajstić information content (AvgIpc) is 2.26. The number of nitrogens with zero attached hydrogens (tertiary/aromatic N) is 1. The van der Waals surface area contributed by atoms with Crippen molar-refractivity contribution in [1.29, 1.82) is 0 Å². The van der Waals surface area contributed by atoms with Gasteiger partial charge in [-0.2, -0.15) is 13.2 Å². The molecule has 2 rings (SSSR count). The van der Waals surface area contributed by atoms with Crippen molar-refractivity contribution in [3.05, 3.63) is 35.3 Å². The molecular formula is C11H9F4N3. The second-order valence-electron chi connectivity index (χ2n) is 3.82. The molecule has 1 aromatic carbocycles. The second kappa shape index (κ2) is 4.09. The van der Waals surface area contributed by atoms with Crippen LogP contribution in [-0.4, -0.2) is 4.98 Å². The summed E-state index contributed by atoms with van der Waals surface area (Å²) in [7, 11) is 0. The number of hydrogen-bond donors (Lipinski definition) is 2. The predicted octanol–water partition coefficient (Wildman–Crippen LogP) is 2.99. The van der Waals surface area contributed by atoms with Crippen LogP contribution in [0, 0.1) is 12.7 Å². The van der Waals surface area contributed by atoms with Gasteiger partial charge >= 0.3 is 6.18 Å². The molecule has 0 unspecified atom stereocenters. The molecule has 1 aromatic heterocycles. The number of alkyl halides is 3. The number of fused-ring (bicyclic) bond motifs is 1. The van der Waals surface area contributed by atoms with E-state index in [-0.39, 0.29) is 16.6 Å². The maximum Gasteiger partial charge on any atom is 0.433 e. The normalized spacial score (nSPS) is 11.9. The minimum atomic E-state index is -4.58. The number of nitrogens with one attached hydrogen (secondary N) is 1. The lowest BCUT2D eigenvalue weighted by Gasteiger charge is -2.12. The molecule has 0 aliphatic carbocycles. The maximum atomic E-state index is 13.2. The minimum absolute atomic E-state index is 0.0186. The highest BCUT2D eigenvalue weighted by Crippen LogP contribution is 2.33. The van der Waals surface area contributed by atoms with E-state index in [9.17, 15) is 17.6 Å². The first-order valence-electron chi connectivity index (χ1n) is 4.97. The third kappa shape index (κ3) is 2.08. The van der Waals surface area contributed by atoms with E-state index in [0.717, 1.165) is 18.2 Å². The summed E-state index contributed by atoms with van der Waals surface area (Å²) in [5.74, 6) is 4.60. The lowest BCUT2D eigenvalue weighted by Crippen LogP contribution is -2.13. The van der Waals surface area contributed by atoms with Crippen molar-refractivity contribution in [3.63, 3.8) is 0 Å². The SMILES string of the molecule is Cc1cc(F)cc2c(NN)cc(C(F)(F)F)nc12. The molecule has 0 saturated heterocycles. The van der Waals surface area contributed by atoms with Crippen molar-refractivity contribution >= 4 is 16.6 Å². The van der Waals surface area contributed by atoms with Gasteiger partial charge in [0.1, 0.15) is 11.5 Å². The Bertz CT molecular complexity index is 607. The fourth-order valence-corrected chi connectivity index (χ4v) is 1.72. The number of halogens is 4. The summed E-state index contributed by atoms with van der Waals surface area (Å²) in [5.41, 5.74) is 1.42. The highest BCUT2D eigenvalue weighted by Gasteiger charge is 2.33. The van der Waals surface area contributed by atoms with Gasteiger partial charge in [0.15, 0.2) is 0 Å². The minimum Gasteiger partial charge on any atom is -0.323 e. The van der Waals surface area contributed by atoms with Gasteiger partial charge < -0.3 is 5.43 Å². The summed E-state index contributed by atoms with van der Waals surface area (Å²) in [5, 5.41) is 0.211. The number of anilines is 1. The smallest absolute Gasteiger partial charge is 0.323 e. The van der Waals surface area contributed by atoms with Crippen LogP contribution < -0.4 is 11.3 Å². The van der Waals surface area contributed by atoms with Crippen molar-refractivity contribution in [2.45, 2.75) is 13.1 Å². The fourth-order valence-electron chi connectivity index (χ4n) is 1.72. The van der Waals surface area contributed by atoms with Gasteiger partial charge in [-0.3, -0.25) is 5.84 Å². The molecule has 1 heterocycles. The Morgan fingerprint density at radius 3 is 2.44 bits per heavy atom. The molecule has 0 bridgehead atoms. The van der Waals surface area contributed by atoms with E-state index in [4.69, 9.17) is 5.84 Å². The Kier molecular flexibility index (Phi) is 2.86. The lowest BCUT2D eigenvalue weighted by atomic mass is 10.1. The highest BCUT2D eigenvalue weighted by molar-refractivity contribution is 5.93. The van der Waals surface area contributed by atoms with Crippen molar-refractivity contribution in [1.82, 2.24) is 4.98 Å². The Morgan fingerprint density at radius 2 is 1.89 bits per heavy atom. The van der Waals surface area contributed by atoms with Gasteiger partial charge in [0.2, 0.25) is 0 Å². The molecule has 0 saturated carbocycles.